The van der Waals surface area contributed by atoms with E-state index in [-0.39, 0.29) is 17.6 Å². The molecular formula is C17H20O5. The third kappa shape index (κ3) is 1.95. The van der Waals surface area contributed by atoms with Gasteiger partial charge in [0, 0.05) is 22.1 Å². The highest BCUT2D eigenvalue weighted by Gasteiger charge is 2.51. The molecule has 2 aliphatic heterocycles. The molecule has 3 aliphatic rings. The van der Waals surface area contributed by atoms with Crippen LogP contribution in [0, 0.1) is 0 Å². The van der Waals surface area contributed by atoms with Crippen LogP contribution in [0.3, 0.4) is 0 Å². The Labute approximate surface area is 128 Å². The largest absolute Gasteiger partial charge is 0.504 e. The molecule has 0 unspecified atom stereocenters. The number of carboxylic acid groups (broad SMARTS) is 1. The number of carboxylic acids is 1. The van der Waals surface area contributed by atoms with Gasteiger partial charge in [-0.3, -0.25) is 4.79 Å². The SMILES string of the molecule is O=C(O)CC1(c2c3c(c(O)c4c2OCCC4)OCCC3)CC1. The number of benzene rings is 1. The van der Waals surface area contributed by atoms with Gasteiger partial charge in [0.05, 0.1) is 19.6 Å². The number of carbonyl (C=O) groups is 1. The third-order valence-corrected chi connectivity index (χ3v) is 5.09. The van der Waals surface area contributed by atoms with Gasteiger partial charge in [0.1, 0.15) is 5.75 Å². The molecular weight excluding hydrogens is 284 g/mol. The van der Waals surface area contributed by atoms with E-state index in [1.807, 2.05) is 0 Å². The molecule has 0 saturated heterocycles. The van der Waals surface area contributed by atoms with Crippen molar-refractivity contribution >= 4 is 5.97 Å². The molecule has 4 rings (SSSR count). The van der Waals surface area contributed by atoms with Crippen LogP contribution in [-0.4, -0.2) is 29.4 Å². The third-order valence-electron chi connectivity index (χ3n) is 5.09. The minimum Gasteiger partial charge on any atom is -0.504 e. The fraction of sp³-hybridized carbons (Fsp3) is 0.588. The Hall–Kier alpha value is -1.91. The summed E-state index contributed by atoms with van der Waals surface area (Å²) >= 11 is 0. The number of hydrogen-bond donors (Lipinski definition) is 2. The van der Waals surface area contributed by atoms with Crippen molar-refractivity contribution in [2.45, 2.75) is 50.4 Å². The number of fused-ring (bicyclic) bond motifs is 2. The summed E-state index contributed by atoms with van der Waals surface area (Å²) in [6.45, 7) is 1.23. The van der Waals surface area contributed by atoms with Gasteiger partial charge in [-0.15, -0.1) is 0 Å². The van der Waals surface area contributed by atoms with Crippen LogP contribution in [0.4, 0.5) is 0 Å². The molecule has 0 bridgehead atoms. The maximum atomic E-state index is 11.3. The monoisotopic (exact) mass is 304 g/mol. The Morgan fingerprint density at radius 1 is 1.05 bits per heavy atom. The summed E-state index contributed by atoms with van der Waals surface area (Å²) in [5.41, 5.74) is 2.46. The van der Waals surface area contributed by atoms with Crippen molar-refractivity contribution < 1.29 is 24.5 Å². The van der Waals surface area contributed by atoms with Crippen molar-refractivity contribution in [3.05, 3.63) is 16.7 Å². The molecule has 2 heterocycles. The van der Waals surface area contributed by atoms with E-state index in [4.69, 9.17) is 9.47 Å². The fourth-order valence-corrected chi connectivity index (χ4v) is 3.94. The fourth-order valence-electron chi connectivity index (χ4n) is 3.94. The zero-order chi connectivity index (χ0) is 15.3. The molecule has 1 aromatic rings. The van der Waals surface area contributed by atoms with E-state index in [0.717, 1.165) is 61.0 Å². The number of phenolic OH excluding ortho intramolecular Hbond substituents is 1. The molecule has 1 aliphatic carbocycles. The van der Waals surface area contributed by atoms with Crippen LogP contribution >= 0.6 is 0 Å². The molecule has 5 heteroatoms. The molecule has 0 aromatic heterocycles. The van der Waals surface area contributed by atoms with Crippen molar-refractivity contribution in [3.8, 4) is 17.2 Å². The van der Waals surface area contributed by atoms with Crippen molar-refractivity contribution in [1.29, 1.82) is 0 Å². The molecule has 0 spiro atoms. The Morgan fingerprint density at radius 3 is 2.32 bits per heavy atom. The zero-order valence-corrected chi connectivity index (χ0v) is 12.5. The van der Waals surface area contributed by atoms with E-state index in [9.17, 15) is 15.0 Å². The lowest BCUT2D eigenvalue weighted by atomic mass is 9.82. The van der Waals surface area contributed by atoms with Crippen LogP contribution in [0.2, 0.25) is 0 Å². The smallest absolute Gasteiger partial charge is 0.304 e. The van der Waals surface area contributed by atoms with Crippen molar-refractivity contribution in [2.75, 3.05) is 13.2 Å². The average molecular weight is 304 g/mol. The maximum absolute atomic E-state index is 11.3. The van der Waals surface area contributed by atoms with Crippen LogP contribution in [0.15, 0.2) is 0 Å². The van der Waals surface area contributed by atoms with Gasteiger partial charge in [0.15, 0.2) is 11.5 Å². The van der Waals surface area contributed by atoms with Gasteiger partial charge >= 0.3 is 5.97 Å². The van der Waals surface area contributed by atoms with Gasteiger partial charge in [0.25, 0.3) is 0 Å². The lowest BCUT2D eigenvalue weighted by Gasteiger charge is -2.31. The van der Waals surface area contributed by atoms with Crippen LogP contribution in [-0.2, 0) is 23.1 Å². The normalized spacial score (nSPS) is 21.1. The van der Waals surface area contributed by atoms with E-state index in [1.165, 1.54) is 0 Å². The number of hydrogen-bond acceptors (Lipinski definition) is 4. The van der Waals surface area contributed by atoms with Gasteiger partial charge in [-0.2, -0.15) is 0 Å². The molecule has 1 aromatic carbocycles. The number of rotatable bonds is 3. The number of phenols is 1. The number of ether oxygens (including phenoxy) is 2. The van der Waals surface area contributed by atoms with Gasteiger partial charge in [-0.25, -0.2) is 0 Å². The van der Waals surface area contributed by atoms with Crippen molar-refractivity contribution in [1.82, 2.24) is 0 Å². The summed E-state index contributed by atoms with van der Waals surface area (Å²) in [5, 5.41) is 19.8. The first kappa shape index (κ1) is 13.7. The summed E-state index contributed by atoms with van der Waals surface area (Å²) in [6, 6.07) is 0. The molecule has 1 saturated carbocycles. The first-order chi connectivity index (χ1) is 10.6. The predicted molar refractivity (Wildman–Crippen MR) is 78.9 cm³/mol. The topological polar surface area (TPSA) is 76.0 Å². The summed E-state index contributed by atoms with van der Waals surface area (Å²) in [7, 11) is 0. The molecule has 0 amide bonds. The van der Waals surface area contributed by atoms with E-state index in [1.54, 1.807) is 0 Å². The highest BCUT2D eigenvalue weighted by atomic mass is 16.5. The van der Waals surface area contributed by atoms with Crippen LogP contribution in [0.5, 0.6) is 17.2 Å². The average Bonchev–Trinajstić information content (AvgIpc) is 3.27. The minimum atomic E-state index is -0.777. The van der Waals surface area contributed by atoms with Crippen molar-refractivity contribution in [2.24, 2.45) is 0 Å². The number of aromatic hydroxyl groups is 1. The summed E-state index contributed by atoms with van der Waals surface area (Å²) < 4.78 is 11.6. The first-order valence-corrected chi connectivity index (χ1v) is 8.01. The van der Waals surface area contributed by atoms with E-state index >= 15 is 0 Å². The van der Waals surface area contributed by atoms with Gasteiger partial charge in [-0.05, 0) is 38.5 Å². The van der Waals surface area contributed by atoms with Gasteiger partial charge in [-0.1, -0.05) is 0 Å². The lowest BCUT2D eigenvalue weighted by molar-refractivity contribution is -0.137. The Morgan fingerprint density at radius 2 is 1.68 bits per heavy atom. The second kappa shape index (κ2) is 4.80. The highest BCUT2D eigenvalue weighted by Crippen LogP contribution is 2.60. The zero-order valence-electron chi connectivity index (χ0n) is 12.5. The second-order valence-electron chi connectivity index (χ2n) is 6.59. The standard InChI is InChI=1S/C17H20O5/c18-12(19)9-17(5-6-17)13-10-3-1-8-22-16(10)14(20)11-4-2-7-21-15(11)13/h20H,1-9H2,(H,18,19). The Balaban J connectivity index is 1.94. The minimum absolute atomic E-state index is 0.125. The second-order valence-corrected chi connectivity index (χ2v) is 6.59. The van der Waals surface area contributed by atoms with Crippen LogP contribution in [0.25, 0.3) is 0 Å². The van der Waals surface area contributed by atoms with Crippen LogP contribution < -0.4 is 9.47 Å². The Kier molecular flexibility index (Phi) is 2.99. The number of aliphatic carboxylic acids is 1. The van der Waals surface area contributed by atoms with E-state index < -0.39 is 5.97 Å². The predicted octanol–water partition coefficient (Wildman–Crippen LogP) is 2.55. The maximum Gasteiger partial charge on any atom is 0.304 e. The first-order valence-electron chi connectivity index (χ1n) is 8.01. The summed E-state index contributed by atoms with van der Waals surface area (Å²) in [4.78, 5) is 11.3. The van der Waals surface area contributed by atoms with Gasteiger partial charge < -0.3 is 19.7 Å². The van der Waals surface area contributed by atoms with Gasteiger partial charge in [0.2, 0.25) is 0 Å². The molecule has 0 radical (unpaired) electrons. The molecule has 5 nitrogen and oxygen atoms in total. The highest BCUT2D eigenvalue weighted by molar-refractivity contribution is 5.73. The molecule has 1 fully saturated rings. The quantitative estimate of drug-likeness (QED) is 0.897. The van der Waals surface area contributed by atoms with Crippen molar-refractivity contribution in [3.63, 3.8) is 0 Å². The Bertz CT molecular complexity index is 608. The van der Waals surface area contributed by atoms with E-state index in [0.29, 0.717) is 19.0 Å². The summed E-state index contributed by atoms with van der Waals surface area (Å²) in [5.74, 6) is 0.744. The molecule has 22 heavy (non-hydrogen) atoms. The molecule has 118 valence electrons. The molecule has 0 atom stereocenters. The molecule has 2 N–H and O–H groups in total. The van der Waals surface area contributed by atoms with Crippen LogP contribution in [0.1, 0.15) is 48.8 Å². The summed E-state index contributed by atoms with van der Waals surface area (Å²) in [6.07, 6.45) is 5.19. The van der Waals surface area contributed by atoms with E-state index in [2.05, 4.69) is 0 Å². The lowest BCUT2D eigenvalue weighted by Crippen LogP contribution is -2.23.